The Bertz CT molecular complexity index is 765. The monoisotopic (exact) mass is 376 g/mol. The molecule has 5 nitrogen and oxygen atoms in total. The van der Waals surface area contributed by atoms with Crippen LogP contribution in [0.25, 0.3) is 0 Å². The molecule has 0 spiro atoms. The predicted molar refractivity (Wildman–Crippen MR) is 81.5 cm³/mol. The van der Waals surface area contributed by atoms with Crippen molar-refractivity contribution in [3.8, 4) is 11.5 Å². The van der Waals surface area contributed by atoms with Crippen LogP contribution in [0.1, 0.15) is 0 Å². The van der Waals surface area contributed by atoms with Gasteiger partial charge in [-0.3, -0.25) is 0 Å². The van der Waals surface area contributed by atoms with Gasteiger partial charge >= 0.3 is 0 Å². The van der Waals surface area contributed by atoms with E-state index in [9.17, 15) is 8.42 Å². The van der Waals surface area contributed by atoms with E-state index in [1.165, 1.54) is 18.2 Å². The highest BCUT2D eigenvalue weighted by Crippen LogP contribution is 2.33. The molecular formula is C12H10BrClN2O3S. The van der Waals surface area contributed by atoms with Crippen molar-refractivity contribution in [3.63, 3.8) is 0 Å². The number of primary sulfonamides is 1. The first-order valence-corrected chi connectivity index (χ1v) is 8.04. The number of rotatable bonds is 3. The van der Waals surface area contributed by atoms with Crippen molar-refractivity contribution in [1.82, 2.24) is 0 Å². The van der Waals surface area contributed by atoms with E-state index in [1.54, 1.807) is 18.2 Å². The van der Waals surface area contributed by atoms with Crippen molar-refractivity contribution in [2.24, 2.45) is 5.14 Å². The number of halogens is 2. The Kier molecular flexibility index (Phi) is 4.24. The fourth-order valence-electron chi connectivity index (χ4n) is 1.53. The highest BCUT2D eigenvalue weighted by Gasteiger charge is 2.13. The number of nitrogen functional groups attached to an aromatic ring is 1. The van der Waals surface area contributed by atoms with Crippen LogP contribution in [0.4, 0.5) is 5.69 Å². The fraction of sp³-hybridized carbons (Fsp3) is 0. The lowest BCUT2D eigenvalue weighted by molar-refractivity contribution is 0.479. The molecule has 0 fully saturated rings. The molecule has 0 radical (unpaired) electrons. The van der Waals surface area contributed by atoms with E-state index in [1.807, 2.05) is 0 Å². The number of hydrogen-bond donors (Lipinski definition) is 2. The first-order chi connectivity index (χ1) is 9.27. The van der Waals surface area contributed by atoms with E-state index in [0.717, 1.165) is 0 Å². The van der Waals surface area contributed by atoms with Gasteiger partial charge in [-0.2, -0.15) is 0 Å². The minimum absolute atomic E-state index is 0.0232. The standard InChI is InChI=1S/C12H10BrClN2O3S/c13-9-5-7(14)1-3-11(9)19-8-2-4-12(10(15)6-8)20(16,17)18/h1-6H,15H2,(H2,16,17,18). The van der Waals surface area contributed by atoms with E-state index in [2.05, 4.69) is 15.9 Å². The lowest BCUT2D eigenvalue weighted by atomic mass is 10.3. The second-order valence-electron chi connectivity index (χ2n) is 3.92. The van der Waals surface area contributed by atoms with E-state index >= 15 is 0 Å². The van der Waals surface area contributed by atoms with Gasteiger partial charge in [-0.15, -0.1) is 0 Å². The van der Waals surface area contributed by atoms with Gasteiger partial charge in [0.2, 0.25) is 10.0 Å². The van der Waals surface area contributed by atoms with Crippen molar-refractivity contribution in [2.45, 2.75) is 4.90 Å². The lowest BCUT2D eigenvalue weighted by Crippen LogP contribution is -2.14. The van der Waals surface area contributed by atoms with Crippen molar-refractivity contribution in [3.05, 3.63) is 45.9 Å². The van der Waals surface area contributed by atoms with E-state index in [-0.39, 0.29) is 10.6 Å². The van der Waals surface area contributed by atoms with Gasteiger partial charge in [0.15, 0.2) is 0 Å². The van der Waals surface area contributed by atoms with Crippen LogP contribution in [0.5, 0.6) is 11.5 Å². The number of anilines is 1. The van der Waals surface area contributed by atoms with Gasteiger partial charge in [-0.05, 0) is 46.3 Å². The molecule has 0 atom stereocenters. The molecule has 0 saturated carbocycles. The summed E-state index contributed by atoms with van der Waals surface area (Å²) in [4.78, 5) is -0.139. The van der Waals surface area contributed by atoms with Gasteiger partial charge in [-0.25, -0.2) is 13.6 Å². The van der Waals surface area contributed by atoms with E-state index in [4.69, 9.17) is 27.2 Å². The Morgan fingerprint density at radius 2 is 1.85 bits per heavy atom. The number of sulfonamides is 1. The Hall–Kier alpha value is -1.28. The van der Waals surface area contributed by atoms with Crippen LogP contribution >= 0.6 is 27.5 Å². The van der Waals surface area contributed by atoms with Gasteiger partial charge in [-0.1, -0.05) is 11.6 Å². The molecule has 0 aliphatic rings. The van der Waals surface area contributed by atoms with Gasteiger partial charge in [0.25, 0.3) is 0 Å². The topological polar surface area (TPSA) is 95.4 Å². The van der Waals surface area contributed by atoms with Crippen LogP contribution in [-0.4, -0.2) is 8.42 Å². The highest BCUT2D eigenvalue weighted by molar-refractivity contribution is 9.10. The zero-order chi connectivity index (χ0) is 14.9. The molecule has 0 heterocycles. The minimum Gasteiger partial charge on any atom is -0.456 e. The third kappa shape index (κ3) is 3.43. The highest BCUT2D eigenvalue weighted by atomic mass is 79.9. The first-order valence-electron chi connectivity index (χ1n) is 5.32. The Morgan fingerprint density at radius 1 is 1.15 bits per heavy atom. The van der Waals surface area contributed by atoms with Gasteiger partial charge < -0.3 is 10.5 Å². The van der Waals surface area contributed by atoms with Crippen LogP contribution in [0.3, 0.4) is 0 Å². The van der Waals surface area contributed by atoms with Gasteiger partial charge in [0, 0.05) is 11.1 Å². The first kappa shape index (κ1) is 15.1. The molecule has 20 heavy (non-hydrogen) atoms. The molecule has 8 heteroatoms. The zero-order valence-corrected chi connectivity index (χ0v) is 13.2. The molecule has 0 amide bonds. The maximum atomic E-state index is 11.2. The van der Waals surface area contributed by atoms with Gasteiger partial charge in [0.05, 0.1) is 10.2 Å². The van der Waals surface area contributed by atoms with E-state index in [0.29, 0.717) is 21.0 Å². The number of hydrogen-bond acceptors (Lipinski definition) is 4. The maximum absolute atomic E-state index is 11.2. The fourth-order valence-corrected chi connectivity index (χ4v) is 2.94. The normalized spacial score (nSPS) is 11.3. The molecule has 0 saturated heterocycles. The van der Waals surface area contributed by atoms with Crippen LogP contribution in [-0.2, 0) is 10.0 Å². The smallest absolute Gasteiger partial charge is 0.240 e. The summed E-state index contributed by atoms with van der Waals surface area (Å²) in [7, 11) is -3.84. The minimum atomic E-state index is -3.84. The second kappa shape index (κ2) is 5.61. The van der Waals surface area contributed by atoms with Gasteiger partial charge in [0.1, 0.15) is 16.4 Å². The number of benzene rings is 2. The maximum Gasteiger partial charge on any atom is 0.240 e. The quantitative estimate of drug-likeness (QED) is 0.803. The number of ether oxygens (including phenoxy) is 1. The average molecular weight is 378 g/mol. The summed E-state index contributed by atoms with van der Waals surface area (Å²) < 4.78 is 28.8. The molecule has 0 aliphatic carbocycles. The summed E-state index contributed by atoms with van der Waals surface area (Å²) in [6.07, 6.45) is 0. The number of nitrogens with two attached hydrogens (primary N) is 2. The molecule has 106 valence electrons. The Balaban J connectivity index is 2.34. The summed E-state index contributed by atoms with van der Waals surface area (Å²) >= 11 is 9.14. The Morgan fingerprint density at radius 3 is 2.40 bits per heavy atom. The molecule has 0 unspecified atom stereocenters. The van der Waals surface area contributed by atoms with Crippen molar-refractivity contribution >= 4 is 43.2 Å². The summed E-state index contributed by atoms with van der Waals surface area (Å²) in [5.41, 5.74) is 5.67. The average Bonchev–Trinajstić information content (AvgIpc) is 2.31. The van der Waals surface area contributed by atoms with Crippen LogP contribution < -0.4 is 15.6 Å². The lowest BCUT2D eigenvalue weighted by Gasteiger charge is -2.10. The van der Waals surface area contributed by atoms with Crippen LogP contribution in [0, 0.1) is 0 Å². The van der Waals surface area contributed by atoms with Crippen LogP contribution in [0.15, 0.2) is 45.8 Å². The summed E-state index contributed by atoms with van der Waals surface area (Å²) in [6.45, 7) is 0. The van der Waals surface area contributed by atoms with Crippen molar-refractivity contribution in [2.75, 3.05) is 5.73 Å². The Labute approximate surface area is 129 Å². The molecule has 2 rings (SSSR count). The molecule has 2 aromatic rings. The molecular weight excluding hydrogens is 368 g/mol. The summed E-state index contributed by atoms with van der Waals surface area (Å²) in [6, 6.07) is 9.18. The third-order valence-electron chi connectivity index (χ3n) is 2.41. The predicted octanol–water partition coefficient (Wildman–Crippen LogP) is 3.12. The molecule has 0 aliphatic heterocycles. The molecule has 4 N–H and O–H groups in total. The molecule has 2 aromatic carbocycles. The summed E-state index contributed by atoms with van der Waals surface area (Å²) in [5.74, 6) is 0.912. The van der Waals surface area contributed by atoms with Crippen molar-refractivity contribution in [1.29, 1.82) is 0 Å². The molecule has 0 aromatic heterocycles. The van der Waals surface area contributed by atoms with E-state index < -0.39 is 10.0 Å². The molecule has 0 bridgehead atoms. The third-order valence-corrected chi connectivity index (χ3v) is 4.25. The van der Waals surface area contributed by atoms with Crippen molar-refractivity contribution < 1.29 is 13.2 Å². The zero-order valence-electron chi connectivity index (χ0n) is 10.0. The summed E-state index contributed by atoms with van der Waals surface area (Å²) in [5, 5.41) is 5.59. The largest absolute Gasteiger partial charge is 0.456 e. The SMILES string of the molecule is Nc1cc(Oc2ccc(Cl)cc2Br)ccc1S(N)(=O)=O. The second-order valence-corrected chi connectivity index (χ2v) is 6.74. The van der Waals surface area contributed by atoms with Crippen LogP contribution in [0.2, 0.25) is 5.02 Å².